The van der Waals surface area contributed by atoms with Crippen LogP contribution in [0.1, 0.15) is 33.3 Å². The summed E-state index contributed by atoms with van der Waals surface area (Å²) >= 11 is 0.939. The van der Waals surface area contributed by atoms with Crippen molar-refractivity contribution >= 4 is 34.4 Å². The number of rotatable bonds is 7. The maximum absolute atomic E-state index is 12.0. The monoisotopic (exact) mass is 386 g/mol. The van der Waals surface area contributed by atoms with Crippen molar-refractivity contribution in [2.24, 2.45) is 0 Å². The number of nitriles is 1. The van der Waals surface area contributed by atoms with E-state index in [-0.39, 0.29) is 34.2 Å². The largest absolute Gasteiger partial charge is 0.497 e. The van der Waals surface area contributed by atoms with Crippen molar-refractivity contribution in [3.8, 4) is 11.8 Å². The molecule has 0 aliphatic rings. The van der Waals surface area contributed by atoms with Gasteiger partial charge >= 0.3 is 11.9 Å². The molecule has 0 atom stereocenters. The fourth-order valence-electron chi connectivity index (χ4n) is 2.18. The highest BCUT2D eigenvalue weighted by atomic mass is 32.1. The molecule has 0 saturated carbocycles. The summed E-state index contributed by atoms with van der Waals surface area (Å²) in [6.45, 7) is 1.60. The summed E-state index contributed by atoms with van der Waals surface area (Å²) in [4.78, 5) is 24.1. The van der Waals surface area contributed by atoms with Crippen LogP contribution in [0.2, 0.25) is 0 Å². The molecule has 1 aromatic heterocycles. The predicted molar refractivity (Wildman–Crippen MR) is 101 cm³/mol. The van der Waals surface area contributed by atoms with Crippen LogP contribution in [0.25, 0.3) is 6.08 Å². The Hall–Kier alpha value is -3.31. The first-order chi connectivity index (χ1) is 13.0. The van der Waals surface area contributed by atoms with Crippen LogP contribution >= 0.6 is 11.3 Å². The normalized spacial score (nSPS) is 10.4. The number of anilines is 1. The van der Waals surface area contributed by atoms with Crippen LogP contribution in [0, 0.1) is 11.3 Å². The van der Waals surface area contributed by atoms with Crippen LogP contribution < -0.4 is 10.5 Å². The smallest absolute Gasteiger partial charge is 0.348 e. The minimum atomic E-state index is -0.616. The Morgan fingerprint density at radius 1 is 1.26 bits per heavy atom. The summed E-state index contributed by atoms with van der Waals surface area (Å²) in [6, 6.07) is 9.04. The standard InChI is InChI=1S/C19H18N2O5S/c1-3-25-19(23)17-15(14(10-20)18(21)27-17)11-26-16(22)9-6-12-4-7-13(24-2)8-5-12/h4-9H,3,11,21H2,1-2H3/b9-6+. The number of hydrogen-bond acceptors (Lipinski definition) is 8. The number of nitrogens with two attached hydrogens (primary N) is 1. The number of carbonyl (C=O) groups is 2. The summed E-state index contributed by atoms with van der Waals surface area (Å²) in [7, 11) is 1.57. The number of thiophene rings is 1. The zero-order chi connectivity index (χ0) is 19.8. The van der Waals surface area contributed by atoms with Crippen LogP contribution in [-0.2, 0) is 20.9 Å². The minimum Gasteiger partial charge on any atom is -0.497 e. The lowest BCUT2D eigenvalue weighted by molar-refractivity contribution is -0.138. The number of ether oxygens (including phenoxy) is 3. The number of carbonyl (C=O) groups excluding carboxylic acids is 2. The van der Waals surface area contributed by atoms with Gasteiger partial charge in [-0.2, -0.15) is 5.26 Å². The highest BCUT2D eigenvalue weighted by Gasteiger charge is 2.23. The van der Waals surface area contributed by atoms with Gasteiger partial charge in [-0.25, -0.2) is 9.59 Å². The number of nitrogen functional groups attached to an aromatic ring is 1. The molecule has 2 aromatic rings. The van der Waals surface area contributed by atoms with E-state index >= 15 is 0 Å². The van der Waals surface area contributed by atoms with Crippen molar-refractivity contribution in [3.63, 3.8) is 0 Å². The van der Waals surface area contributed by atoms with Crippen LogP contribution in [-0.4, -0.2) is 25.7 Å². The van der Waals surface area contributed by atoms with E-state index in [2.05, 4.69) is 0 Å². The van der Waals surface area contributed by atoms with Gasteiger partial charge in [-0.05, 0) is 30.7 Å². The maximum atomic E-state index is 12.0. The average Bonchev–Trinajstić information content (AvgIpc) is 3.00. The van der Waals surface area contributed by atoms with E-state index in [1.54, 1.807) is 44.4 Å². The van der Waals surface area contributed by atoms with Gasteiger partial charge in [0.05, 0.1) is 19.3 Å². The Kier molecular flexibility index (Phi) is 6.97. The SMILES string of the molecule is CCOC(=O)c1sc(N)c(C#N)c1COC(=O)/C=C/c1ccc(OC)cc1. The molecule has 0 unspecified atom stereocenters. The van der Waals surface area contributed by atoms with Gasteiger partial charge in [0.1, 0.15) is 28.3 Å². The molecule has 7 nitrogen and oxygen atoms in total. The maximum Gasteiger partial charge on any atom is 0.348 e. The Labute approximate surface area is 160 Å². The fourth-order valence-corrected chi connectivity index (χ4v) is 3.09. The van der Waals surface area contributed by atoms with Crippen LogP contribution in [0.15, 0.2) is 30.3 Å². The summed E-state index contributed by atoms with van der Waals surface area (Å²) in [6.07, 6.45) is 2.84. The van der Waals surface area contributed by atoms with Crippen molar-refractivity contribution in [1.82, 2.24) is 0 Å². The number of benzene rings is 1. The summed E-state index contributed by atoms with van der Waals surface area (Å²) < 4.78 is 15.2. The summed E-state index contributed by atoms with van der Waals surface area (Å²) in [5, 5.41) is 9.43. The predicted octanol–water partition coefficient (Wildman–Crippen LogP) is 3.14. The first kappa shape index (κ1) is 20.0. The number of hydrogen-bond donors (Lipinski definition) is 1. The molecule has 0 spiro atoms. The number of nitrogens with zero attached hydrogens (tertiary/aromatic N) is 1. The van der Waals surface area contributed by atoms with Crippen molar-refractivity contribution in [2.75, 3.05) is 19.5 Å². The van der Waals surface area contributed by atoms with Gasteiger partial charge in [0, 0.05) is 11.6 Å². The van der Waals surface area contributed by atoms with Gasteiger partial charge in [-0.15, -0.1) is 11.3 Å². The molecule has 0 amide bonds. The molecule has 0 saturated heterocycles. The lowest BCUT2D eigenvalue weighted by Gasteiger charge is -2.05. The van der Waals surface area contributed by atoms with Gasteiger partial charge in [0.25, 0.3) is 0 Å². The third kappa shape index (κ3) is 5.09. The Morgan fingerprint density at radius 3 is 2.56 bits per heavy atom. The molecule has 0 aliphatic carbocycles. The van der Waals surface area contributed by atoms with Crippen molar-refractivity contribution in [3.05, 3.63) is 51.9 Å². The lowest BCUT2D eigenvalue weighted by Crippen LogP contribution is -2.08. The molecule has 0 radical (unpaired) electrons. The molecule has 1 heterocycles. The van der Waals surface area contributed by atoms with E-state index in [0.717, 1.165) is 16.9 Å². The lowest BCUT2D eigenvalue weighted by atomic mass is 10.1. The van der Waals surface area contributed by atoms with Gasteiger partial charge in [-0.1, -0.05) is 12.1 Å². The molecule has 27 heavy (non-hydrogen) atoms. The van der Waals surface area contributed by atoms with E-state index < -0.39 is 11.9 Å². The Bertz CT molecular complexity index is 894. The van der Waals surface area contributed by atoms with Crippen LogP contribution in [0.3, 0.4) is 0 Å². The number of methoxy groups -OCH3 is 1. The van der Waals surface area contributed by atoms with Crippen LogP contribution in [0.5, 0.6) is 5.75 Å². The molecule has 0 aliphatic heterocycles. The van der Waals surface area contributed by atoms with E-state index in [0.29, 0.717) is 5.75 Å². The van der Waals surface area contributed by atoms with E-state index in [1.807, 2.05) is 6.07 Å². The second kappa shape index (κ2) is 9.40. The fraction of sp³-hybridized carbons (Fsp3) is 0.211. The molecule has 0 fully saturated rings. The van der Waals surface area contributed by atoms with Crippen molar-refractivity contribution < 1.29 is 23.8 Å². The molecule has 8 heteroatoms. The Morgan fingerprint density at radius 2 is 1.96 bits per heavy atom. The van der Waals surface area contributed by atoms with E-state index in [4.69, 9.17) is 19.9 Å². The second-order valence-electron chi connectivity index (χ2n) is 5.20. The first-order valence-corrected chi connectivity index (χ1v) is 8.79. The highest BCUT2D eigenvalue weighted by molar-refractivity contribution is 7.18. The summed E-state index contributed by atoms with van der Waals surface area (Å²) in [5.41, 5.74) is 6.94. The highest BCUT2D eigenvalue weighted by Crippen LogP contribution is 2.31. The van der Waals surface area contributed by atoms with Crippen molar-refractivity contribution in [2.45, 2.75) is 13.5 Å². The third-order valence-corrected chi connectivity index (χ3v) is 4.53. The second-order valence-corrected chi connectivity index (χ2v) is 6.25. The Balaban J connectivity index is 2.08. The molecule has 2 rings (SSSR count). The number of esters is 2. The van der Waals surface area contributed by atoms with E-state index in [9.17, 15) is 14.9 Å². The topological polar surface area (TPSA) is 112 Å². The summed E-state index contributed by atoms with van der Waals surface area (Å²) in [5.74, 6) is -0.509. The molecular formula is C19H18N2O5S. The molecular weight excluding hydrogens is 368 g/mol. The van der Waals surface area contributed by atoms with Gasteiger partial charge in [-0.3, -0.25) is 0 Å². The van der Waals surface area contributed by atoms with Gasteiger partial charge in [0.2, 0.25) is 0 Å². The third-order valence-electron chi connectivity index (χ3n) is 3.49. The minimum absolute atomic E-state index is 0.120. The zero-order valence-corrected chi connectivity index (χ0v) is 15.7. The van der Waals surface area contributed by atoms with Gasteiger partial charge in [0.15, 0.2) is 0 Å². The van der Waals surface area contributed by atoms with Crippen LogP contribution in [0.4, 0.5) is 5.00 Å². The average molecular weight is 386 g/mol. The van der Waals surface area contributed by atoms with E-state index in [1.165, 1.54) is 6.08 Å². The molecule has 1 aromatic carbocycles. The van der Waals surface area contributed by atoms with Crippen molar-refractivity contribution in [1.29, 1.82) is 5.26 Å². The molecule has 2 N–H and O–H groups in total. The molecule has 0 bridgehead atoms. The molecule has 140 valence electrons. The zero-order valence-electron chi connectivity index (χ0n) is 14.9. The first-order valence-electron chi connectivity index (χ1n) is 7.97. The van der Waals surface area contributed by atoms with Gasteiger partial charge < -0.3 is 19.9 Å². The quantitative estimate of drug-likeness (QED) is 0.574.